The minimum atomic E-state index is -4.93. The first-order valence-corrected chi connectivity index (χ1v) is 10.6. The number of benzene rings is 2. The number of nitrogens with one attached hydrogen (secondary N) is 2. The van der Waals surface area contributed by atoms with Crippen molar-refractivity contribution in [3.05, 3.63) is 62.9 Å². The van der Waals surface area contributed by atoms with E-state index in [-0.39, 0.29) is 22.2 Å². The van der Waals surface area contributed by atoms with E-state index in [0.29, 0.717) is 17.9 Å². The molecule has 0 fully saturated rings. The first-order chi connectivity index (χ1) is 14.2. The molecule has 0 aliphatic carbocycles. The fraction of sp³-hybridized carbons (Fsp3) is 0.176. The molecule has 2 aromatic carbocycles. The molecular formula is C17H12Cl2F4N2O5S. The molecule has 0 saturated heterocycles. The SMILES string of the molecule is CS(=O)(=O)NC(=O)c1cc(Cl)c(C(=O)NCc2ccc(OC(F)(F)F)c(Cl)c2)cc1F. The van der Waals surface area contributed by atoms with Gasteiger partial charge in [0.25, 0.3) is 11.8 Å². The van der Waals surface area contributed by atoms with Gasteiger partial charge in [0.15, 0.2) is 0 Å². The van der Waals surface area contributed by atoms with Crippen LogP contribution >= 0.6 is 23.2 Å². The van der Waals surface area contributed by atoms with Gasteiger partial charge in [-0.05, 0) is 29.8 Å². The van der Waals surface area contributed by atoms with E-state index in [1.54, 1.807) is 4.72 Å². The summed E-state index contributed by atoms with van der Waals surface area (Å²) in [5, 5.41) is 1.66. The van der Waals surface area contributed by atoms with Crippen molar-refractivity contribution in [1.29, 1.82) is 0 Å². The molecule has 31 heavy (non-hydrogen) atoms. The number of carbonyl (C=O) groups excluding carboxylic acids is 2. The van der Waals surface area contributed by atoms with Crippen LogP contribution in [0.3, 0.4) is 0 Å². The summed E-state index contributed by atoms with van der Waals surface area (Å²) < 4.78 is 78.4. The second-order valence-corrected chi connectivity index (χ2v) is 8.57. The second-order valence-electron chi connectivity index (χ2n) is 6.01. The molecule has 2 aromatic rings. The van der Waals surface area contributed by atoms with Crippen LogP contribution in [0.2, 0.25) is 10.0 Å². The van der Waals surface area contributed by atoms with Gasteiger partial charge in [0.1, 0.15) is 11.6 Å². The van der Waals surface area contributed by atoms with E-state index in [1.165, 1.54) is 6.07 Å². The van der Waals surface area contributed by atoms with Crippen LogP contribution in [0.15, 0.2) is 30.3 Å². The van der Waals surface area contributed by atoms with Crippen LogP contribution in [-0.2, 0) is 16.6 Å². The summed E-state index contributed by atoms with van der Waals surface area (Å²) in [4.78, 5) is 24.1. The van der Waals surface area contributed by atoms with E-state index in [1.807, 2.05) is 0 Å². The van der Waals surface area contributed by atoms with Gasteiger partial charge in [-0.1, -0.05) is 29.3 Å². The highest BCUT2D eigenvalue weighted by atomic mass is 35.5. The summed E-state index contributed by atoms with van der Waals surface area (Å²) in [5.74, 6) is -3.97. The molecule has 2 rings (SSSR count). The number of sulfonamides is 1. The van der Waals surface area contributed by atoms with E-state index < -0.39 is 45.3 Å². The maximum Gasteiger partial charge on any atom is 0.573 e. The van der Waals surface area contributed by atoms with Crippen molar-refractivity contribution in [2.75, 3.05) is 6.26 Å². The standard InChI is InChI=1S/C17H12Cl2F4N2O5S/c1-31(28,29)25-16(27)10-5-11(18)9(6-13(10)20)15(26)24-7-8-2-3-14(12(19)4-8)30-17(21,22)23/h2-6H,7H2,1H3,(H,24,26)(H,25,27). The lowest BCUT2D eigenvalue weighted by Crippen LogP contribution is -2.30. The third-order valence-corrected chi connectivity index (χ3v) is 4.66. The minimum absolute atomic E-state index is 0.209. The molecule has 0 aliphatic rings. The molecule has 7 nitrogen and oxygen atoms in total. The van der Waals surface area contributed by atoms with Crippen molar-refractivity contribution in [3.63, 3.8) is 0 Å². The Hall–Kier alpha value is -2.57. The van der Waals surface area contributed by atoms with Gasteiger partial charge in [0.2, 0.25) is 10.0 Å². The molecular weight excluding hydrogens is 491 g/mol. The normalized spacial score (nSPS) is 11.7. The molecule has 2 amide bonds. The first kappa shape index (κ1) is 24.7. The number of hydrogen-bond acceptors (Lipinski definition) is 5. The lowest BCUT2D eigenvalue weighted by molar-refractivity contribution is -0.274. The van der Waals surface area contributed by atoms with Crippen LogP contribution in [-0.4, -0.2) is 32.9 Å². The van der Waals surface area contributed by atoms with Crippen molar-refractivity contribution in [3.8, 4) is 5.75 Å². The predicted octanol–water partition coefficient (Wildman–Crippen LogP) is 3.65. The molecule has 0 heterocycles. The van der Waals surface area contributed by atoms with Crippen molar-refractivity contribution in [2.24, 2.45) is 0 Å². The molecule has 0 radical (unpaired) electrons. The monoisotopic (exact) mass is 502 g/mol. The zero-order chi connectivity index (χ0) is 23.6. The highest BCUT2D eigenvalue weighted by Crippen LogP contribution is 2.30. The number of ether oxygens (including phenoxy) is 1. The molecule has 0 spiro atoms. The zero-order valence-electron chi connectivity index (χ0n) is 15.3. The van der Waals surface area contributed by atoms with Gasteiger partial charge in [-0.2, -0.15) is 0 Å². The van der Waals surface area contributed by atoms with Crippen molar-refractivity contribution in [2.45, 2.75) is 12.9 Å². The fourth-order valence-electron chi connectivity index (χ4n) is 2.26. The van der Waals surface area contributed by atoms with E-state index in [0.717, 1.165) is 18.2 Å². The minimum Gasteiger partial charge on any atom is -0.404 e. The van der Waals surface area contributed by atoms with Crippen LogP contribution in [0.4, 0.5) is 17.6 Å². The number of hydrogen-bond donors (Lipinski definition) is 2. The second kappa shape index (κ2) is 9.28. The predicted molar refractivity (Wildman–Crippen MR) is 103 cm³/mol. The third kappa shape index (κ3) is 7.26. The molecule has 0 aliphatic heterocycles. The van der Waals surface area contributed by atoms with Crippen molar-refractivity contribution < 1.29 is 40.3 Å². The van der Waals surface area contributed by atoms with Crippen LogP contribution in [0, 0.1) is 5.82 Å². The summed E-state index contributed by atoms with van der Waals surface area (Å²) in [6.45, 7) is -0.209. The third-order valence-electron chi connectivity index (χ3n) is 3.50. The number of carbonyl (C=O) groups is 2. The number of halogens is 6. The maximum atomic E-state index is 14.2. The summed E-state index contributed by atoms with van der Waals surface area (Å²) in [6, 6.07) is 4.73. The van der Waals surface area contributed by atoms with E-state index in [2.05, 4.69) is 10.1 Å². The summed E-state index contributed by atoms with van der Waals surface area (Å²) in [5.41, 5.74) is -0.758. The van der Waals surface area contributed by atoms with Gasteiger partial charge >= 0.3 is 6.36 Å². The molecule has 0 bridgehead atoms. The van der Waals surface area contributed by atoms with E-state index >= 15 is 0 Å². The smallest absolute Gasteiger partial charge is 0.404 e. The Morgan fingerprint density at radius 2 is 1.68 bits per heavy atom. The molecule has 0 saturated carbocycles. The van der Waals surface area contributed by atoms with Crippen LogP contribution in [0.1, 0.15) is 26.3 Å². The molecule has 0 atom stereocenters. The largest absolute Gasteiger partial charge is 0.573 e. The molecule has 0 unspecified atom stereocenters. The van der Waals surface area contributed by atoms with Gasteiger partial charge in [0.05, 0.1) is 27.4 Å². The molecule has 168 valence electrons. The van der Waals surface area contributed by atoms with Crippen LogP contribution < -0.4 is 14.8 Å². The van der Waals surface area contributed by atoms with Crippen molar-refractivity contribution >= 4 is 45.0 Å². The summed E-state index contributed by atoms with van der Waals surface area (Å²) in [7, 11) is -3.95. The van der Waals surface area contributed by atoms with E-state index in [9.17, 15) is 35.6 Å². The van der Waals surface area contributed by atoms with Gasteiger partial charge in [-0.15, -0.1) is 13.2 Å². The van der Waals surface area contributed by atoms with E-state index in [4.69, 9.17) is 23.2 Å². The average Bonchev–Trinajstić information content (AvgIpc) is 2.60. The van der Waals surface area contributed by atoms with Crippen molar-refractivity contribution in [1.82, 2.24) is 10.0 Å². The Kier molecular flexibility index (Phi) is 7.40. The Labute approximate surface area is 183 Å². The highest BCUT2D eigenvalue weighted by molar-refractivity contribution is 7.89. The van der Waals surface area contributed by atoms with Gasteiger partial charge in [0, 0.05) is 6.54 Å². The number of rotatable bonds is 6. The Morgan fingerprint density at radius 1 is 1.03 bits per heavy atom. The fourth-order valence-corrected chi connectivity index (χ4v) is 3.20. The average molecular weight is 503 g/mol. The van der Waals surface area contributed by atoms with Gasteiger partial charge in [-0.3, -0.25) is 9.59 Å². The van der Waals surface area contributed by atoms with Crippen LogP contribution in [0.5, 0.6) is 5.75 Å². The van der Waals surface area contributed by atoms with Gasteiger partial charge < -0.3 is 10.1 Å². The topological polar surface area (TPSA) is 102 Å². The molecule has 14 heteroatoms. The Balaban J connectivity index is 2.13. The lowest BCUT2D eigenvalue weighted by Gasteiger charge is -2.12. The zero-order valence-corrected chi connectivity index (χ0v) is 17.6. The quantitative estimate of drug-likeness (QED) is 0.587. The highest BCUT2D eigenvalue weighted by Gasteiger charge is 2.32. The molecule has 0 aromatic heterocycles. The Bertz CT molecular complexity index is 1140. The first-order valence-electron chi connectivity index (χ1n) is 8.00. The van der Waals surface area contributed by atoms with Crippen LogP contribution in [0.25, 0.3) is 0 Å². The van der Waals surface area contributed by atoms with Gasteiger partial charge in [-0.25, -0.2) is 17.5 Å². The number of amides is 2. The number of alkyl halides is 3. The Morgan fingerprint density at radius 3 is 2.23 bits per heavy atom. The lowest BCUT2D eigenvalue weighted by atomic mass is 10.1. The summed E-state index contributed by atoms with van der Waals surface area (Å²) >= 11 is 11.6. The molecule has 2 N–H and O–H groups in total. The summed E-state index contributed by atoms with van der Waals surface area (Å²) in [6.07, 6.45) is -4.23. The maximum absolute atomic E-state index is 14.2.